The fraction of sp³-hybridized carbons (Fsp3) is 0. The third-order valence-corrected chi connectivity index (χ3v) is 0. The van der Waals surface area contributed by atoms with Crippen molar-refractivity contribution in [2.45, 2.75) is 0 Å². The minimum atomic E-state index is -2.33. The van der Waals surface area contributed by atoms with Gasteiger partial charge in [-0.2, -0.15) is 0 Å². The minimum absolute atomic E-state index is 0. The van der Waals surface area contributed by atoms with Crippen molar-refractivity contribution < 1.29 is 125 Å². The predicted molar refractivity (Wildman–Crippen MR) is 16.2 cm³/mol. The molecule has 0 N–H and O–H groups in total. The third-order valence-electron chi connectivity index (χ3n) is 0. The van der Waals surface area contributed by atoms with Gasteiger partial charge in [0, 0.05) is 0 Å². The maximum atomic E-state index is 8.33. The van der Waals surface area contributed by atoms with E-state index in [1.165, 1.54) is 0 Å². The monoisotopic (exact) mass is 443 g/mol. The molecule has 0 saturated carbocycles. The summed E-state index contributed by atoms with van der Waals surface area (Å²) in [5, 5.41) is 50.0. The third kappa shape index (κ3) is 8650. The number of hydrogen-bond donors (Lipinski definition) is 0. The maximum Gasteiger partial charge on any atom is 3.00 e. The molecular weight excluding hydrogens is 442 g/mol. The molecule has 1 radical (unpaired) electrons. The molecule has 0 amide bonds. The number of carboxylic acid groups (broad SMARTS) is 6. The molecule has 0 aromatic carbocycles. The molecule has 0 fully saturated rings. The molecule has 0 atom stereocenters. The van der Waals surface area contributed by atoms with E-state index < -0.39 is 18.5 Å². The molecule has 0 aliphatic rings. The van der Waals surface area contributed by atoms with Crippen molar-refractivity contribution in [1.82, 2.24) is 0 Å². The van der Waals surface area contributed by atoms with Crippen LogP contribution in [0.5, 0.6) is 0 Å². The Morgan fingerprint density at radius 1 is 0.571 bits per heavy atom. The molecule has 0 bridgehead atoms. The van der Waals surface area contributed by atoms with Gasteiger partial charge in [0.1, 0.15) is 0 Å². The van der Waals surface area contributed by atoms with Gasteiger partial charge in [0.2, 0.25) is 0 Å². The summed E-state index contributed by atoms with van der Waals surface area (Å²) in [6.07, 6.45) is -7.00. The topological polar surface area (TPSA) is 190 Å². The van der Waals surface area contributed by atoms with Crippen LogP contribution in [-0.2, 0) is 32.7 Å². The van der Waals surface area contributed by atoms with Crippen LogP contribution in [0.2, 0.25) is 0 Å². The van der Waals surface area contributed by atoms with E-state index in [1.54, 1.807) is 0 Å². The fourth-order valence-corrected chi connectivity index (χ4v) is 0. The molecular formula is C3O9YYb. The van der Waals surface area contributed by atoms with Gasteiger partial charge in [0.05, 0.1) is 0 Å². The Labute approximate surface area is 141 Å². The van der Waals surface area contributed by atoms with Crippen molar-refractivity contribution in [3.05, 3.63) is 0 Å². The van der Waals surface area contributed by atoms with Crippen LogP contribution in [0.25, 0.3) is 0 Å². The Morgan fingerprint density at radius 3 is 0.571 bits per heavy atom. The van der Waals surface area contributed by atoms with E-state index in [0.29, 0.717) is 0 Å². The summed E-state index contributed by atoms with van der Waals surface area (Å²) in [6, 6.07) is 0. The van der Waals surface area contributed by atoms with Gasteiger partial charge in [-0.25, -0.2) is 0 Å². The van der Waals surface area contributed by atoms with Crippen LogP contribution in [0.3, 0.4) is 0 Å². The van der Waals surface area contributed by atoms with E-state index in [1.807, 2.05) is 0 Å². The summed E-state index contributed by atoms with van der Waals surface area (Å²) < 4.78 is 0. The molecule has 0 aromatic rings. The molecule has 0 heterocycles. The summed E-state index contributed by atoms with van der Waals surface area (Å²) in [7, 11) is 0. The van der Waals surface area contributed by atoms with Crippen molar-refractivity contribution in [3.63, 3.8) is 0 Å². The second-order valence-electron chi connectivity index (χ2n) is 0.750. The first-order chi connectivity index (χ1) is 5.20. The first kappa shape index (κ1) is 29.3. The molecule has 0 aliphatic carbocycles. The van der Waals surface area contributed by atoms with Crippen molar-refractivity contribution >= 4 is 18.5 Å². The smallest absolute Gasteiger partial charge is 0.652 e. The number of carbonyl (C=O) groups is 3. The van der Waals surface area contributed by atoms with E-state index in [9.17, 15) is 0 Å². The van der Waals surface area contributed by atoms with E-state index in [2.05, 4.69) is 0 Å². The number of carbonyl (C=O) groups excluding carboxylic acids is 3. The number of hydrogen-bond acceptors (Lipinski definition) is 9. The van der Waals surface area contributed by atoms with Crippen molar-refractivity contribution in [2.24, 2.45) is 0 Å². The Balaban J connectivity index is -0.0000000270. The summed E-state index contributed by atoms with van der Waals surface area (Å²) in [5.74, 6) is 0. The summed E-state index contributed by atoms with van der Waals surface area (Å²) in [5.41, 5.74) is 0. The van der Waals surface area contributed by atoms with Crippen LogP contribution < -0.4 is 30.6 Å². The molecule has 0 unspecified atom stereocenters. The Hall–Kier alpha value is 0.433. The molecule has 11 heteroatoms. The molecule has 83 valence electrons. The van der Waals surface area contributed by atoms with E-state index in [0.717, 1.165) is 0 Å². The molecule has 9 nitrogen and oxygen atoms in total. The molecule has 0 saturated heterocycles. The average molecular weight is 442 g/mol. The van der Waals surface area contributed by atoms with Crippen molar-refractivity contribution in [2.75, 3.05) is 0 Å². The second kappa shape index (κ2) is 23.3. The Kier molecular flexibility index (Phi) is 48.8. The van der Waals surface area contributed by atoms with Gasteiger partial charge in [0.15, 0.2) is 0 Å². The summed E-state index contributed by atoms with van der Waals surface area (Å²) in [4.78, 5) is 25.0. The van der Waals surface area contributed by atoms with Gasteiger partial charge < -0.3 is 45.0 Å². The molecule has 0 aliphatic heterocycles. The van der Waals surface area contributed by atoms with Crippen LogP contribution in [-0.4, -0.2) is 18.5 Å². The molecule has 14 heavy (non-hydrogen) atoms. The average Bonchev–Trinajstić information content (AvgIpc) is 1.54. The zero-order valence-electron chi connectivity index (χ0n) is 6.02. The second-order valence-corrected chi connectivity index (χ2v) is 0.750. The Morgan fingerprint density at radius 2 is 0.571 bits per heavy atom. The quantitative estimate of drug-likeness (QED) is 0.351. The zero-order chi connectivity index (χ0) is 10.7. The number of rotatable bonds is 0. The normalized spacial score (nSPS) is 5.14. The maximum absolute atomic E-state index is 8.33. The van der Waals surface area contributed by atoms with Crippen LogP contribution in [0.1, 0.15) is 0 Å². The van der Waals surface area contributed by atoms with Gasteiger partial charge in [-0.1, -0.05) is 0 Å². The summed E-state index contributed by atoms with van der Waals surface area (Å²) in [6.45, 7) is 0. The van der Waals surface area contributed by atoms with Gasteiger partial charge in [0.25, 0.3) is 0 Å². The predicted octanol–water partition coefficient (Wildman–Crippen LogP) is -7.34. The largest absolute Gasteiger partial charge is 3.00 e. The van der Waals surface area contributed by atoms with Gasteiger partial charge in [-0.05, 0) is 18.5 Å². The van der Waals surface area contributed by atoms with Gasteiger partial charge in [-0.15, -0.1) is 0 Å². The standard InChI is InChI=1S/3CH2O3.Y.Yb/c3*2-1(3)4;;/h3*(H2,2,3,4);;/q;;;2*+3/p-6. The van der Waals surface area contributed by atoms with E-state index in [-0.39, 0.29) is 79.6 Å². The fourth-order valence-electron chi connectivity index (χ4n) is 0. The van der Waals surface area contributed by atoms with Crippen LogP contribution >= 0.6 is 0 Å². The zero-order valence-corrected chi connectivity index (χ0v) is 10.6. The van der Waals surface area contributed by atoms with Crippen LogP contribution in [0.4, 0.5) is 14.4 Å². The van der Waals surface area contributed by atoms with Gasteiger partial charge >= 0.3 is 79.6 Å². The van der Waals surface area contributed by atoms with Gasteiger partial charge in [-0.3, -0.25) is 0 Å². The van der Waals surface area contributed by atoms with Crippen molar-refractivity contribution in [3.8, 4) is 0 Å². The molecule has 0 spiro atoms. The van der Waals surface area contributed by atoms with Crippen LogP contribution in [0.15, 0.2) is 0 Å². The summed E-state index contributed by atoms with van der Waals surface area (Å²) >= 11 is 0. The first-order valence-electron chi connectivity index (χ1n) is 1.84. The minimum Gasteiger partial charge on any atom is -0.652 e. The molecule has 0 rings (SSSR count). The van der Waals surface area contributed by atoms with Crippen molar-refractivity contribution in [1.29, 1.82) is 0 Å². The molecule has 0 aromatic heterocycles. The van der Waals surface area contributed by atoms with E-state index in [4.69, 9.17) is 45.0 Å². The Bertz CT molecular complexity index is 118. The SMILES string of the molecule is O=C([O-])[O-].O=C([O-])[O-].O=C([O-])[O-].[Y+3].[Yb+3]. The van der Waals surface area contributed by atoms with E-state index >= 15 is 0 Å². The van der Waals surface area contributed by atoms with Crippen LogP contribution in [0, 0.1) is 46.9 Å². The first-order valence-corrected chi connectivity index (χ1v) is 1.84.